The van der Waals surface area contributed by atoms with Crippen LogP contribution in [0.5, 0.6) is 0 Å². The predicted octanol–water partition coefficient (Wildman–Crippen LogP) is 3.26. The fraction of sp³-hybridized carbons (Fsp3) is 0.0769. The van der Waals surface area contributed by atoms with Crippen LogP contribution in [0.4, 0.5) is 20.3 Å². The van der Waals surface area contributed by atoms with Crippen molar-refractivity contribution in [2.45, 2.75) is 0 Å². The number of hydrogen-bond donors (Lipinski definition) is 2. The minimum absolute atomic E-state index is 0.00791. The lowest BCUT2D eigenvalue weighted by molar-refractivity contribution is 0.102. The van der Waals surface area contributed by atoms with E-state index in [2.05, 4.69) is 15.6 Å². The quantitative estimate of drug-likeness (QED) is 0.793. The lowest BCUT2D eigenvalue weighted by Crippen LogP contribution is -2.16. The Morgan fingerprint density at radius 3 is 2.70 bits per heavy atom. The Balaban J connectivity index is 2.28. The number of amides is 1. The average molecular weight is 389 g/mol. The van der Waals surface area contributed by atoms with Crippen LogP contribution in [0.15, 0.2) is 30.5 Å². The predicted molar refractivity (Wildman–Crippen MR) is 80.8 cm³/mol. The Morgan fingerprint density at radius 1 is 1.30 bits per heavy atom. The van der Waals surface area contributed by atoms with Crippen LogP contribution in [-0.2, 0) is 0 Å². The molecule has 1 heterocycles. The molecule has 7 heteroatoms. The van der Waals surface area contributed by atoms with Gasteiger partial charge in [0.15, 0.2) is 11.6 Å². The molecule has 0 unspecified atom stereocenters. The number of carbonyl (C=O) groups is 1. The first kappa shape index (κ1) is 14.6. The molecule has 0 spiro atoms. The number of pyridine rings is 1. The van der Waals surface area contributed by atoms with E-state index < -0.39 is 17.5 Å². The maximum atomic E-state index is 13.9. The first-order valence-electron chi connectivity index (χ1n) is 5.61. The van der Waals surface area contributed by atoms with Gasteiger partial charge in [0, 0.05) is 16.8 Å². The highest BCUT2D eigenvalue weighted by molar-refractivity contribution is 14.1. The van der Waals surface area contributed by atoms with E-state index in [9.17, 15) is 13.6 Å². The Kier molecular flexibility index (Phi) is 4.48. The van der Waals surface area contributed by atoms with Crippen molar-refractivity contribution in [2.75, 3.05) is 17.7 Å². The third-order valence-corrected chi connectivity index (χ3v) is 3.44. The molecule has 0 saturated heterocycles. The average Bonchev–Trinajstić information content (AvgIpc) is 2.42. The maximum absolute atomic E-state index is 13.9. The molecule has 1 amide bonds. The van der Waals surface area contributed by atoms with Crippen molar-refractivity contribution in [2.24, 2.45) is 0 Å². The Morgan fingerprint density at radius 2 is 2.05 bits per heavy atom. The topological polar surface area (TPSA) is 54.0 Å². The number of hydrogen-bond acceptors (Lipinski definition) is 3. The van der Waals surface area contributed by atoms with E-state index >= 15 is 0 Å². The zero-order valence-corrected chi connectivity index (χ0v) is 12.5. The molecule has 2 N–H and O–H groups in total. The van der Waals surface area contributed by atoms with Gasteiger partial charge in [0.25, 0.3) is 5.91 Å². The van der Waals surface area contributed by atoms with Gasteiger partial charge in [-0.15, -0.1) is 0 Å². The lowest BCUT2D eigenvalue weighted by atomic mass is 10.2. The minimum atomic E-state index is -0.732. The third-order valence-electron chi connectivity index (χ3n) is 2.55. The summed E-state index contributed by atoms with van der Waals surface area (Å²) >= 11 is 1.89. The number of carbonyl (C=O) groups excluding carboxylic acids is 1. The van der Waals surface area contributed by atoms with Gasteiger partial charge in [0.2, 0.25) is 0 Å². The summed E-state index contributed by atoms with van der Waals surface area (Å²) in [6, 6.07) is 5.20. The SMILES string of the molecule is CNc1nccc(C(=O)Nc2ccc(F)cc2I)c1F. The Hall–Kier alpha value is -1.77. The van der Waals surface area contributed by atoms with Gasteiger partial charge in [-0.1, -0.05) is 0 Å². The summed E-state index contributed by atoms with van der Waals surface area (Å²) in [6.45, 7) is 0. The lowest BCUT2D eigenvalue weighted by Gasteiger charge is -2.09. The van der Waals surface area contributed by atoms with E-state index in [1.165, 1.54) is 37.5 Å². The van der Waals surface area contributed by atoms with Gasteiger partial charge in [-0.3, -0.25) is 4.79 Å². The molecule has 1 aromatic heterocycles. The van der Waals surface area contributed by atoms with E-state index in [4.69, 9.17) is 0 Å². The van der Waals surface area contributed by atoms with Crippen molar-refractivity contribution in [3.8, 4) is 0 Å². The van der Waals surface area contributed by atoms with Gasteiger partial charge in [-0.2, -0.15) is 0 Å². The second-order valence-electron chi connectivity index (χ2n) is 3.85. The standard InChI is InChI=1S/C13H10F2IN3O/c1-17-12-11(15)8(4-5-18-12)13(20)19-10-3-2-7(14)6-9(10)16/h2-6H,1H3,(H,17,18)(H,19,20). The summed E-state index contributed by atoms with van der Waals surface area (Å²) in [5, 5.41) is 5.09. The molecular weight excluding hydrogens is 379 g/mol. The maximum Gasteiger partial charge on any atom is 0.258 e. The van der Waals surface area contributed by atoms with Crippen molar-refractivity contribution >= 4 is 40.0 Å². The molecule has 2 rings (SSSR count). The van der Waals surface area contributed by atoms with Crippen LogP contribution in [0.1, 0.15) is 10.4 Å². The first-order chi connectivity index (χ1) is 9.52. The molecule has 4 nitrogen and oxygen atoms in total. The summed E-state index contributed by atoms with van der Waals surface area (Å²) in [7, 11) is 1.51. The zero-order valence-electron chi connectivity index (χ0n) is 10.4. The Bertz CT molecular complexity index is 664. The third kappa shape index (κ3) is 3.03. The van der Waals surface area contributed by atoms with E-state index in [1.54, 1.807) is 0 Å². The largest absolute Gasteiger partial charge is 0.371 e. The van der Waals surface area contributed by atoms with E-state index in [0.717, 1.165) is 0 Å². The molecule has 0 fully saturated rings. The summed E-state index contributed by atoms with van der Waals surface area (Å²) in [5.41, 5.74) is 0.281. The normalized spacial score (nSPS) is 10.2. The molecule has 2 aromatic rings. The molecule has 0 atom stereocenters. The molecule has 0 radical (unpaired) electrons. The van der Waals surface area contributed by atoms with E-state index in [-0.39, 0.29) is 11.4 Å². The van der Waals surface area contributed by atoms with Crippen LogP contribution in [0, 0.1) is 15.2 Å². The van der Waals surface area contributed by atoms with Gasteiger partial charge in [0.05, 0.1) is 11.3 Å². The molecule has 0 aliphatic carbocycles. The van der Waals surface area contributed by atoms with Gasteiger partial charge >= 0.3 is 0 Å². The molecule has 0 aliphatic rings. The van der Waals surface area contributed by atoms with Crippen LogP contribution >= 0.6 is 22.6 Å². The van der Waals surface area contributed by atoms with Gasteiger partial charge in [-0.25, -0.2) is 13.8 Å². The van der Waals surface area contributed by atoms with Gasteiger partial charge in [-0.05, 0) is 46.9 Å². The van der Waals surface area contributed by atoms with Crippen molar-refractivity contribution < 1.29 is 13.6 Å². The van der Waals surface area contributed by atoms with Crippen molar-refractivity contribution in [3.05, 3.63) is 51.2 Å². The molecule has 0 bridgehead atoms. The fourth-order valence-corrected chi connectivity index (χ4v) is 2.19. The summed E-state index contributed by atoms with van der Waals surface area (Å²) in [5.74, 6) is -1.76. The molecule has 0 saturated carbocycles. The minimum Gasteiger partial charge on any atom is -0.371 e. The molecule has 104 valence electrons. The van der Waals surface area contributed by atoms with E-state index in [1.807, 2.05) is 22.6 Å². The van der Waals surface area contributed by atoms with Crippen molar-refractivity contribution in [1.29, 1.82) is 0 Å². The van der Waals surface area contributed by atoms with Crippen LogP contribution in [0.2, 0.25) is 0 Å². The monoisotopic (exact) mass is 389 g/mol. The van der Waals surface area contributed by atoms with Crippen molar-refractivity contribution in [1.82, 2.24) is 4.98 Å². The number of nitrogens with zero attached hydrogens (tertiary/aromatic N) is 1. The van der Waals surface area contributed by atoms with Crippen LogP contribution in [-0.4, -0.2) is 17.9 Å². The number of rotatable bonds is 3. The van der Waals surface area contributed by atoms with Crippen LogP contribution < -0.4 is 10.6 Å². The van der Waals surface area contributed by atoms with Gasteiger partial charge in [0.1, 0.15) is 5.82 Å². The molecule has 0 aliphatic heterocycles. The molecular formula is C13H10F2IN3O. The van der Waals surface area contributed by atoms with Crippen molar-refractivity contribution in [3.63, 3.8) is 0 Å². The first-order valence-corrected chi connectivity index (χ1v) is 6.69. The fourth-order valence-electron chi connectivity index (χ4n) is 1.57. The highest BCUT2D eigenvalue weighted by Gasteiger charge is 2.16. The highest BCUT2D eigenvalue weighted by atomic mass is 127. The van der Waals surface area contributed by atoms with Gasteiger partial charge < -0.3 is 10.6 Å². The zero-order chi connectivity index (χ0) is 14.7. The molecule has 1 aromatic carbocycles. The summed E-state index contributed by atoms with van der Waals surface area (Å²) < 4.78 is 27.4. The number of halogens is 3. The smallest absolute Gasteiger partial charge is 0.258 e. The Labute approximate surface area is 127 Å². The van der Waals surface area contributed by atoms with Crippen LogP contribution in [0.25, 0.3) is 0 Å². The number of benzene rings is 1. The highest BCUT2D eigenvalue weighted by Crippen LogP contribution is 2.21. The second-order valence-corrected chi connectivity index (χ2v) is 5.01. The van der Waals surface area contributed by atoms with E-state index in [0.29, 0.717) is 9.26 Å². The second kappa shape index (κ2) is 6.12. The number of aromatic nitrogens is 1. The number of nitrogens with one attached hydrogen (secondary N) is 2. The summed E-state index contributed by atoms with van der Waals surface area (Å²) in [4.78, 5) is 15.8. The summed E-state index contributed by atoms with van der Waals surface area (Å²) in [6.07, 6.45) is 1.33. The number of anilines is 2. The van der Waals surface area contributed by atoms with Crippen LogP contribution in [0.3, 0.4) is 0 Å². The molecule has 20 heavy (non-hydrogen) atoms.